The van der Waals surface area contributed by atoms with Gasteiger partial charge in [-0.2, -0.15) is 0 Å². The fourth-order valence-electron chi connectivity index (χ4n) is 4.56. The van der Waals surface area contributed by atoms with E-state index in [0.717, 1.165) is 5.56 Å². The van der Waals surface area contributed by atoms with E-state index in [0.29, 0.717) is 29.9 Å². The predicted octanol–water partition coefficient (Wildman–Crippen LogP) is 4.25. The van der Waals surface area contributed by atoms with Crippen molar-refractivity contribution in [3.05, 3.63) is 102 Å². The molecule has 3 unspecified atom stereocenters. The number of benzene rings is 3. The molecule has 12 heteroatoms. The average Bonchev–Trinajstić information content (AvgIpc) is 3.03. The summed E-state index contributed by atoms with van der Waals surface area (Å²) < 4.78 is 23.3. The van der Waals surface area contributed by atoms with E-state index >= 15 is 0 Å². The maximum Gasteiger partial charge on any atom is 0.403 e. The van der Waals surface area contributed by atoms with Gasteiger partial charge in [0.1, 0.15) is 24.4 Å². The van der Waals surface area contributed by atoms with E-state index in [4.69, 9.17) is 9.26 Å². The van der Waals surface area contributed by atoms with Crippen LogP contribution in [0, 0.1) is 5.92 Å². The molecular formula is C33H42N3O8P. The number of amides is 2. The van der Waals surface area contributed by atoms with Gasteiger partial charge in [-0.25, -0.2) is 14.4 Å². The normalized spacial score (nSPS) is 15.1. The average molecular weight is 640 g/mol. The van der Waals surface area contributed by atoms with E-state index in [1.165, 1.54) is 0 Å². The molecule has 0 saturated heterocycles. The molecule has 0 heterocycles. The first-order valence-corrected chi connectivity index (χ1v) is 16.5. The van der Waals surface area contributed by atoms with Gasteiger partial charge in [-0.3, -0.25) is 14.1 Å². The summed E-state index contributed by atoms with van der Waals surface area (Å²) in [6.07, 6.45) is 0.537. The van der Waals surface area contributed by atoms with E-state index in [-0.39, 0.29) is 19.4 Å². The molecule has 5 atom stereocenters. The number of hydrogen-bond donors (Lipinski definition) is 5. The SMILES string of the molecule is CCOP(=O)(O)N[C@H](C(=O)NC(Cc1ccc(OCc2ccccc2)cc1)C(=O)NC(Cc1ccccc1)C(=O)O)[C@@H](C)CC. The molecule has 3 aromatic carbocycles. The lowest BCUT2D eigenvalue weighted by Gasteiger charge is -2.28. The zero-order valence-corrected chi connectivity index (χ0v) is 26.6. The van der Waals surface area contributed by atoms with Gasteiger partial charge in [-0.15, -0.1) is 0 Å². The zero-order valence-electron chi connectivity index (χ0n) is 25.7. The third-order valence-corrected chi connectivity index (χ3v) is 8.46. The van der Waals surface area contributed by atoms with Crippen LogP contribution in [0.3, 0.4) is 0 Å². The number of ether oxygens (including phenoxy) is 1. The van der Waals surface area contributed by atoms with E-state index in [1.54, 1.807) is 68.4 Å². The first kappa shape index (κ1) is 35.5. The van der Waals surface area contributed by atoms with Crippen LogP contribution in [-0.2, 0) is 42.9 Å². The molecule has 0 saturated carbocycles. The second kappa shape index (κ2) is 17.5. The second-order valence-electron chi connectivity index (χ2n) is 10.7. The summed E-state index contributed by atoms with van der Waals surface area (Å²) in [6.45, 7) is 5.42. The van der Waals surface area contributed by atoms with Gasteiger partial charge in [-0.1, -0.05) is 93.1 Å². The van der Waals surface area contributed by atoms with E-state index in [2.05, 4.69) is 15.7 Å². The zero-order chi connectivity index (χ0) is 32.8. The molecular weight excluding hydrogens is 597 g/mol. The Bertz CT molecular complexity index is 1420. The van der Waals surface area contributed by atoms with Crippen LogP contribution in [0.5, 0.6) is 5.75 Å². The molecule has 0 aliphatic carbocycles. The molecule has 45 heavy (non-hydrogen) atoms. The number of aliphatic carboxylic acids is 1. The molecule has 0 fully saturated rings. The molecule has 0 aromatic heterocycles. The van der Waals surface area contributed by atoms with Crippen molar-refractivity contribution < 1.29 is 38.2 Å². The molecule has 11 nitrogen and oxygen atoms in total. The van der Waals surface area contributed by atoms with Crippen molar-refractivity contribution in [3.8, 4) is 5.75 Å². The van der Waals surface area contributed by atoms with Crippen molar-refractivity contribution in [2.45, 2.75) is 64.8 Å². The quantitative estimate of drug-likeness (QED) is 0.128. The minimum Gasteiger partial charge on any atom is -0.489 e. The molecule has 0 aliphatic rings. The Morgan fingerprint density at radius 1 is 0.778 bits per heavy atom. The molecule has 0 bridgehead atoms. The van der Waals surface area contributed by atoms with Gasteiger partial charge in [0.05, 0.1) is 12.6 Å². The molecule has 2 amide bonds. The third-order valence-electron chi connectivity index (χ3n) is 7.24. The first-order chi connectivity index (χ1) is 21.5. The van der Waals surface area contributed by atoms with Crippen molar-refractivity contribution >= 4 is 25.5 Å². The minimum absolute atomic E-state index is 0.0175. The molecule has 0 aliphatic heterocycles. The van der Waals surface area contributed by atoms with Crippen LogP contribution in [-0.4, -0.2) is 52.5 Å². The van der Waals surface area contributed by atoms with Gasteiger partial charge in [0.25, 0.3) is 0 Å². The number of nitrogens with one attached hydrogen (secondary N) is 3. The summed E-state index contributed by atoms with van der Waals surface area (Å²) in [5.41, 5.74) is 2.39. The molecule has 242 valence electrons. The van der Waals surface area contributed by atoms with Crippen LogP contribution in [0.2, 0.25) is 0 Å². The highest BCUT2D eigenvalue weighted by Gasteiger charge is 2.35. The Kier molecular flexibility index (Phi) is 13.8. The lowest BCUT2D eigenvalue weighted by atomic mass is 9.98. The molecule has 3 rings (SSSR count). The van der Waals surface area contributed by atoms with Gasteiger partial charge < -0.3 is 25.4 Å². The maximum absolute atomic E-state index is 13.6. The largest absolute Gasteiger partial charge is 0.489 e. The Morgan fingerprint density at radius 2 is 1.31 bits per heavy atom. The highest BCUT2D eigenvalue weighted by Crippen LogP contribution is 2.38. The van der Waals surface area contributed by atoms with Crippen molar-refractivity contribution in [2.24, 2.45) is 5.92 Å². The Balaban J connectivity index is 1.82. The summed E-state index contributed by atoms with van der Waals surface area (Å²) in [7, 11) is -4.32. The number of carbonyl (C=O) groups excluding carboxylic acids is 2. The first-order valence-electron chi connectivity index (χ1n) is 14.9. The number of carbonyl (C=O) groups is 3. The van der Waals surface area contributed by atoms with Crippen LogP contribution >= 0.6 is 7.75 Å². The number of rotatable bonds is 18. The van der Waals surface area contributed by atoms with E-state index in [1.807, 2.05) is 37.3 Å². The van der Waals surface area contributed by atoms with E-state index in [9.17, 15) is 28.9 Å². The van der Waals surface area contributed by atoms with Gasteiger partial charge >= 0.3 is 13.7 Å². The van der Waals surface area contributed by atoms with Gasteiger partial charge in [0.2, 0.25) is 11.8 Å². The minimum atomic E-state index is -4.32. The molecule has 0 radical (unpaired) electrons. The number of carboxylic acids is 1. The van der Waals surface area contributed by atoms with Crippen LogP contribution in [0.4, 0.5) is 0 Å². The van der Waals surface area contributed by atoms with Crippen molar-refractivity contribution in [3.63, 3.8) is 0 Å². The fourth-order valence-corrected chi connectivity index (χ4v) is 5.71. The Morgan fingerprint density at radius 3 is 1.87 bits per heavy atom. The van der Waals surface area contributed by atoms with E-state index < -0.39 is 49.6 Å². The fraction of sp³-hybridized carbons (Fsp3) is 0.364. The van der Waals surface area contributed by atoms with Crippen LogP contribution in [0.1, 0.15) is 43.9 Å². The number of carboxylic acid groups (broad SMARTS) is 1. The summed E-state index contributed by atoms with van der Waals surface area (Å²) >= 11 is 0. The molecule has 5 N–H and O–H groups in total. The topological polar surface area (TPSA) is 163 Å². The van der Waals surface area contributed by atoms with Crippen molar-refractivity contribution in [1.82, 2.24) is 15.7 Å². The standard InChI is InChI=1S/C33H42N3O8P/c1-4-23(3)30(36-45(41,42)44-5-2)32(38)34-28(31(37)35-29(33(39)40)21-24-12-8-6-9-13-24)20-25-16-18-27(19-17-25)43-22-26-14-10-7-11-15-26/h6-19,23,28-30H,4-5,20-22H2,1-3H3,(H,34,38)(H,35,37)(H,39,40)(H2,36,41,42)/t23-,28?,29?,30-/m0/s1. The van der Waals surface area contributed by atoms with Crippen LogP contribution in [0.25, 0.3) is 0 Å². The predicted molar refractivity (Wildman–Crippen MR) is 170 cm³/mol. The second-order valence-corrected chi connectivity index (χ2v) is 12.3. The van der Waals surface area contributed by atoms with Gasteiger partial charge in [0.15, 0.2) is 0 Å². The smallest absolute Gasteiger partial charge is 0.403 e. The number of hydrogen-bond acceptors (Lipinski definition) is 6. The van der Waals surface area contributed by atoms with Gasteiger partial charge in [-0.05, 0) is 41.7 Å². The van der Waals surface area contributed by atoms with Crippen molar-refractivity contribution in [1.29, 1.82) is 0 Å². The lowest BCUT2D eigenvalue weighted by Crippen LogP contribution is -2.57. The monoisotopic (exact) mass is 639 g/mol. The third kappa shape index (κ3) is 11.8. The maximum atomic E-state index is 13.6. The van der Waals surface area contributed by atoms with Crippen LogP contribution in [0.15, 0.2) is 84.9 Å². The molecule has 0 spiro atoms. The highest BCUT2D eigenvalue weighted by atomic mass is 31.2. The lowest BCUT2D eigenvalue weighted by molar-refractivity contribution is -0.142. The Hall–Kier alpha value is -4.02. The Labute approximate surface area is 263 Å². The van der Waals surface area contributed by atoms with Crippen LogP contribution < -0.4 is 20.5 Å². The summed E-state index contributed by atoms with van der Waals surface area (Å²) in [5, 5.41) is 17.5. The summed E-state index contributed by atoms with van der Waals surface area (Å²) in [5.74, 6) is -2.43. The van der Waals surface area contributed by atoms with Crippen molar-refractivity contribution in [2.75, 3.05) is 6.61 Å². The summed E-state index contributed by atoms with van der Waals surface area (Å²) in [6, 6.07) is 21.9. The van der Waals surface area contributed by atoms with Gasteiger partial charge in [0, 0.05) is 12.8 Å². The highest BCUT2D eigenvalue weighted by molar-refractivity contribution is 7.50. The molecule has 3 aromatic rings. The summed E-state index contributed by atoms with van der Waals surface area (Å²) in [4.78, 5) is 49.4.